The molecule has 0 radical (unpaired) electrons. The maximum Gasteiger partial charge on any atom is 0.281 e. The highest BCUT2D eigenvalue weighted by Gasteiger charge is 2.35. The Kier molecular flexibility index (Phi) is 22.4. The summed E-state index contributed by atoms with van der Waals surface area (Å²) >= 11 is 0. The highest BCUT2D eigenvalue weighted by Crippen LogP contribution is 2.39. The highest BCUT2D eigenvalue weighted by atomic mass is 32.2. The molecule has 2 unspecified atom stereocenters. The summed E-state index contributed by atoms with van der Waals surface area (Å²) in [6.45, 7) is 15.6. The summed E-state index contributed by atoms with van der Waals surface area (Å²) in [5, 5.41) is 0. The van der Waals surface area contributed by atoms with Gasteiger partial charge in [-0.25, -0.2) is 25.3 Å². The molecule has 0 amide bonds. The Morgan fingerprint density at radius 2 is 0.875 bits per heavy atom. The SMILES string of the molecule is C=C1CN(S(=O)(=O)c2ccc(N(C)C)cc2)CCCN(CC2CCCCC2)CCCN(S(=O)(=O)c2ccc(C)c(C3CCCC(CN4CCCN(S(=O)(=O)c5ccc(C)cc5)CCCN(S(=O)(=O)N5CCCCC5)CCC4)C3)c2)C1. The molecule has 16 nitrogen and oxygen atoms in total. The molecule has 5 fully saturated rings. The Bertz CT molecular complexity index is 2950. The van der Waals surface area contributed by atoms with Gasteiger partial charge in [-0.15, -0.1) is 0 Å². The maximum absolute atomic E-state index is 15.2. The molecule has 8 rings (SSSR count). The number of sulfonamides is 3. The molecule has 20 heteroatoms. The molecule has 80 heavy (non-hydrogen) atoms. The Morgan fingerprint density at radius 3 is 1.43 bits per heavy atom. The molecule has 2 saturated carbocycles. The predicted octanol–water partition coefficient (Wildman–Crippen LogP) is 8.77. The fourth-order valence-electron chi connectivity index (χ4n) is 13.1. The lowest BCUT2D eigenvalue weighted by Crippen LogP contribution is -2.48. The van der Waals surface area contributed by atoms with Crippen LogP contribution in [0.2, 0.25) is 0 Å². The van der Waals surface area contributed by atoms with Gasteiger partial charge in [0.05, 0.1) is 14.7 Å². The van der Waals surface area contributed by atoms with Crippen molar-refractivity contribution in [1.82, 2.24) is 31.3 Å². The van der Waals surface area contributed by atoms with E-state index in [-0.39, 0.29) is 53.3 Å². The number of rotatable bonds is 14. The summed E-state index contributed by atoms with van der Waals surface area (Å²) < 4.78 is 124. The van der Waals surface area contributed by atoms with Crippen molar-refractivity contribution in [3.05, 3.63) is 95.6 Å². The molecule has 2 aliphatic carbocycles. The Labute approximate surface area is 482 Å². The van der Waals surface area contributed by atoms with E-state index in [1.54, 1.807) is 43.2 Å². The maximum atomic E-state index is 15.2. The highest BCUT2D eigenvalue weighted by molar-refractivity contribution is 7.89. The third kappa shape index (κ3) is 16.3. The second kappa shape index (κ2) is 28.5. The van der Waals surface area contributed by atoms with E-state index in [1.165, 1.54) is 40.7 Å². The first kappa shape index (κ1) is 62.8. The molecule has 0 N–H and O–H groups in total. The standard InChI is InChI=1S/C60H94N8O8S4/c1-50-22-27-57(28-23-50)77(69,70)64-38-13-32-63(33-14-40-66(41-17-39-64)80(75,76)65-36-10-7-11-37-65)49-54-20-12-21-55(44-54)60-45-59(29-24-52(60)3)79(73,74)68-43-16-35-62(48-53-18-8-6-9-19-53)34-15-42-67(46-51(2)47-68)78(71,72)58-30-25-56(26-31-58)61(4)5/h22-31,45,53-55H,2,6-21,32-44,46-49H2,1,3-5H3. The van der Waals surface area contributed by atoms with E-state index in [1.807, 2.05) is 62.3 Å². The van der Waals surface area contributed by atoms with E-state index >= 15 is 8.42 Å². The van der Waals surface area contributed by atoms with Gasteiger partial charge < -0.3 is 14.7 Å². The van der Waals surface area contributed by atoms with Crippen molar-refractivity contribution in [2.24, 2.45) is 11.8 Å². The van der Waals surface area contributed by atoms with Crippen molar-refractivity contribution in [1.29, 1.82) is 0 Å². The number of hydrogen-bond donors (Lipinski definition) is 0. The molecule has 0 bridgehead atoms. The van der Waals surface area contributed by atoms with Crippen LogP contribution in [0, 0.1) is 25.7 Å². The van der Waals surface area contributed by atoms with Crippen molar-refractivity contribution in [2.75, 3.05) is 124 Å². The number of nitrogens with zero attached hydrogens (tertiary/aromatic N) is 8. The fraction of sp³-hybridized carbons (Fsp3) is 0.667. The first-order valence-electron chi connectivity index (χ1n) is 30.0. The number of hydrogen-bond acceptors (Lipinski definition) is 11. The first-order valence-corrected chi connectivity index (χ1v) is 35.7. The van der Waals surface area contributed by atoms with Crippen LogP contribution in [0.3, 0.4) is 0 Å². The van der Waals surface area contributed by atoms with Crippen LogP contribution in [-0.2, 0) is 40.3 Å². The molecule has 5 aliphatic rings. The zero-order chi connectivity index (χ0) is 57.1. The molecule has 0 aromatic heterocycles. The zero-order valence-corrected chi connectivity index (χ0v) is 51.9. The molecule has 3 aliphatic heterocycles. The minimum atomic E-state index is -4.06. The lowest BCUT2D eigenvalue weighted by Gasteiger charge is -2.36. The fourth-order valence-corrected chi connectivity index (χ4v) is 19.4. The molecule has 3 aromatic rings. The summed E-state index contributed by atoms with van der Waals surface area (Å²) in [5.74, 6) is 0.996. The van der Waals surface area contributed by atoms with Gasteiger partial charge in [0, 0.05) is 98.3 Å². The largest absolute Gasteiger partial charge is 0.378 e. The van der Waals surface area contributed by atoms with Crippen LogP contribution in [0.25, 0.3) is 0 Å². The third-order valence-corrected chi connectivity index (χ3v) is 25.3. The van der Waals surface area contributed by atoms with Gasteiger partial charge in [0.1, 0.15) is 0 Å². The molecular weight excluding hydrogens is 1090 g/mol. The summed E-state index contributed by atoms with van der Waals surface area (Å²) in [6, 6.07) is 19.4. The second-order valence-corrected chi connectivity index (χ2v) is 31.8. The Balaban J connectivity index is 0.994. The molecule has 3 saturated heterocycles. The van der Waals surface area contributed by atoms with Crippen molar-refractivity contribution in [2.45, 2.75) is 144 Å². The van der Waals surface area contributed by atoms with E-state index in [9.17, 15) is 25.3 Å². The molecule has 3 heterocycles. The minimum absolute atomic E-state index is 0.00131. The summed E-state index contributed by atoms with van der Waals surface area (Å²) in [7, 11) is -11.7. The van der Waals surface area contributed by atoms with E-state index < -0.39 is 40.3 Å². The topological polar surface area (TPSA) is 162 Å². The van der Waals surface area contributed by atoms with Crippen molar-refractivity contribution < 1.29 is 33.7 Å². The van der Waals surface area contributed by atoms with Crippen molar-refractivity contribution >= 4 is 46.0 Å². The van der Waals surface area contributed by atoms with Gasteiger partial charge in [-0.05, 0) is 200 Å². The molecular formula is C60H94N8O8S4. The number of aryl methyl sites for hydroxylation is 2. The summed E-state index contributed by atoms with van der Waals surface area (Å²) in [5.41, 5.74) is 4.46. The number of piperidine rings is 1. The van der Waals surface area contributed by atoms with Gasteiger partial charge in [0.15, 0.2) is 0 Å². The van der Waals surface area contributed by atoms with Gasteiger partial charge in [0.25, 0.3) is 10.2 Å². The summed E-state index contributed by atoms with van der Waals surface area (Å²) in [6.07, 6.45) is 15.5. The third-order valence-electron chi connectivity index (χ3n) is 17.6. The van der Waals surface area contributed by atoms with Crippen LogP contribution in [0.15, 0.2) is 93.6 Å². The zero-order valence-electron chi connectivity index (χ0n) is 48.6. The lowest BCUT2D eigenvalue weighted by atomic mass is 9.76. The van der Waals surface area contributed by atoms with Crippen molar-refractivity contribution in [3.8, 4) is 0 Å². The quantitative estimate of drug-likeness (QED) is 0.142. The Hall–Kier alpha value is -3.28. The Morgan fingerprint density at radius 1 is 0.450 bits per heavy atom. The average molecular weight is 1180 g/mol. The van der Waals surface area contributed by atoms with Gasteiger partial charge in [-0.2, -0.15) is 29.9 Å². The van der Waals surface area contributed by atoms with Gasteiger partial charge >= 0.3 is 0 Å². The van der Waals surface area contributed by atoms with E-state index in [2.05, 4.69) is 23.3 Å². The van der Waals surface area contributed by atoms with Crippen LogP contribution in [0.4, 0.5) is 5.69 Å². The smallest absolute Gasteiger partial charge is 0.281 e. The second-order valence-electron chi connectivity index (χ2n) is 24.0. The predicted molar refractivity (Wildman–Crippen MR) is 322 cm³/mol. The lowest BCUT2D eigenvalue weighted by molar-refractivity contribution is 0.177. The van der Waals surface area contributed by atoms with Crippen LogP contribution < -0.4 is 4.90 Å². The van der Waals surface area contributed by atoms with Crippen molar-refractivity contribution in [3.63, 3.8) is 0 Å². The number of anilines is 1. The molecule has 3 aromatic carbocycles. The first-order chi connectivity index (χ1) is 38.2. The number of benzene rings is 3. The average Bonchev–Trinajstić information content (AvgIpc) is 3.48. The van der Waals surface area contributed by atoms with Crippen LogP contribution in [0.5, 0.6) is 0 Å². The normalized spacial score (nSPS) is 23.8. The van der Waals surface area contributed by atoms with Gasteiger partial charge in [0.2, 0.25) is 30.1 Å². The van der Waals surface area contributed by atoms with Gasteiger partial charge in [-0.1, -0.05) is 62.4 Å². The molecule has 2 atom stereocenters. The van der Waals surface area contributed by atoms with E-state index in [0.717, 1.165) is 87.0 Å². The summed E-state index contributed by atoms with van der Waals surface area (Å²) in [4.78, 5) is 7.47. The minimum Gasteiger partial charge on any atom is -0.378 e. The molecule has 446 valence electrons. The van der Waals surface area contributed by atoms with Crippen LogP contribution in [0.1, 0.15) is 132 Å². The van der Waals surface area contributed by atoms with E-state index in [4.69, 9.17) is 0 Å². The van der Waals surface area contributed by atoms with E-state index in [0.29, 0.717) is 102 Å². The van der Waals surface area contributed by atoms with Gasteiger partial charge in [-0.3, -0.25) is 0 Å². The molecule has 0 spiro atoms. The van der Waals surface area contributed by atoms with Crippen LogP contribution in [-0.4, -0.2) is 184 Å². The van der Waals surface area contributed by atoms with Crippen LogP contribution >= 0.6 is 0 Å². The monoisotopic (exact) mass is 1180 g/mol.